The second kappa shape index (κ2) is 16.5. The Morgan fingerprint density at radius 1 is 0.933 bits per heavy atom. The smallest absolute Gasteiger partial charge is 0.307 e. The molecular formula is C30H54N5O9S+. The molecule has 0 aromatic carbocycles. The summed E-state index contributed by atoms with van der Waals surface area (Å²) < 4.78 is 31.5. The van der Waals surface area contributed by atoms with Crippen LogP contribution in [0, 0.1) is 34.5 Å². The van der Waals surface area contributed by atoms with E-state index in [1.165, 1.54) is 13.3 Å². The lowest BCUT2D eigenvalue weighted by molar-refractivity contribution is -0.890. The van der Waals surface area contributed by atoms with Crippen LogP contribution in [-0.4, -0.2) is 107 Å². The molecule has 0 aliphatic carbocycles. The summed E-state index contributed by atoms with van der Waals surface area (Å²) in [7, 11) is -0.240. The fourth-order valence-electron chi connectivity index (χ4n) is 6.09. The van der Waals surface area contributed by atoms with Gasteiger partial charge in [0, 0.05) is 38.5 Å². The first-order chi connectivity index (χ1) is 20.5. The molecule has 14 nitrogen and oxygen atoms in total. The first-order valence-electron chi connectivity index (χ1n) is 15.2. The number of hydrogen-bond donors (Lipinski definition) is 6. The third-order valence-corrected chi connectivity index (χ3v) is 9.14. The Balaban J connectivity index is 3.16. The summed E-state index contributed by atoms with van der Waals surface area (Å²) in [6, 6.07) is 0. The molecule has 4 unspecified atom stereocenters. The third-order valence-electron chi connectivity index (χ3n) is 8.34. The first-order valence-corrected chi connectivity index (χ1v) is 16.9. The molecule has 0 fully saturated rings. The van der Waals surface area contributed by atoms with Gasteiger partial charge in [0.15, 0.2) is 0 Å². The summed E-state index contributed by atoms with van der Waals surface area (Å²) in [5.41, 5.74) is -1.21. The van der Waals surface area contributed by atoms with E-state index in [9.17, 15) is 37.8 Å². The van der Waals surface area contributed by atoms with Gasteiger partial charge in [-0.1, -0.05) is 41.5 Å². The van der Waals surface area contributed by atoms with Crippen molar-refractivity contribution in [1.29, 1.82) is 0 Å². The number of H-pyrrole nitrogens is 1. The summed E-state index contributed by atoms with van der Waals surface area (Å²) in [6.07, 6.45) is 4.37. The van der Waals surface area contributed by atoms with Crippen molar-refractivity contribution in [1.82, 2.24) is 20.6 Å². The number of amides is 2. The SMILES string of the molecule is CC(C(=O)O)C(C(=O)NCCc1c[nH]cn1)C(C)(C)CC(C(=O)NCCC[N+](C)(C)CCCS(=O)(=O)O)C(C(=O)O)C(C)(C)C. The van der Waals surface area contributed by atoms with E-state index in [4.69, 9.17) is 4.55 Å². The molecule has 0 saturated carbocycles. The van der Waals surface area contributed by atoms with E-state index in [0.29, 0.717) is 30.4 Å². The van der Waals surface area contributed by atoms with Gasteiger partial charge in [0.2, 0.25) is 11.8 Å². The molecule has 0 radical (unpaired) electrons. The number of carboxylic acids is 2. The van der Waals surface area contributed by atoms with E-state index < -0.39 is 68.4 Å². The highest BCUT2D eigenvalue weighted by molar-refractivity contribution is 7.85. The monoisotopic (exact) mass is 660 g/mol. The molecular weight excluding hydrogens is 606 g/mol. The molecule has 6 N–H and O–H groups in total. The van der Waals surface area contributed by atoms with Gasteiger partial charge in [-0.25, -0.2) is 4.98 Å². The minimum Gasteiger partial charge on any atom is -0.481 e. The molecule has 15 heteroatoms. The van der Waals surface area contributed by atoms with Crippen LogP contribution in [0.3, 0.4) is 0 Å². The van der Waals surface area contributed by atoms with Crippen molar-refractivity contribution in [2.24, 2.45) is 34.5 Å². The van der Waals surface area contributed by atoms with Crippen LogP contribution in [0.25, 0.3) is 0 Å². The number of imidazole rings is 1. The summed E-state index contributed by atoms with van der Waals surface area (Å²) >= 11 is 0. The van der Waals surface area contributed by atoms with Gasteiger partial charge < -0.3 is 30.3 Å². The second-order valence-corrected chi connectivity index (χ2v) is 15.9. The molecule has 0 aliphatic heterocycles. The van der Waals surface area contributed by atoms with Crippen LogP contribution in [-0.2, 0) is 35.7 Å². The second-order valence-electron chi connectivity index (χ2n) is 14.4. The van der Waals surface area contributed by atoms with Gasteiger partial charge in [-0.3, -0.25) is 23.7 Å². The molecule has 1 rings (SSSR count). The van der Waals surface area contributed by atoms with Crippen molar-refractivity contribution in [3.8, 4) is 0 Å². The van der Waals surface area contributed by atoms with Gasteiger partial charge in [-0.2, -0.15) is 8.42 Å². The largest absolute Gasteiger partial charge is 0.481 e. The predicted octanol–water partition coefficient (Wildman–Crippen LogP) is 2.05. The molecule has 45 heavy (non-hydrogen) atoms. The maximum atomic E-state index is 13.7. The maximum Gasteiger partial charge on any atom is 0.307 e. The molecule has 2 amide bonds. The Bertz CT molecular complexity index is 1240. The van der Waals surface area contributed by atoms with Crippen molar-refractivity contribution < 1.29 is 46.8 Å². The Labute approximate surface area is 267 Å². The van der Waals surface area contributed by atoms with E-state index in [2.05, 4.69) is 20.6 Å². The summed E-state index contributed by atoms with van der Waals surface area (Å²) in [6.45, 7) is 11.5. The van der Waals surface area contributed by atoms with Gasteiger partial charge in [0.05, 0.1) is 68.6 Å². The molecule has 4 atom stereocenters. The molecule has 0 spiro atoms. The zero-order valence-electron chi connectivity index (χ0n) is 27.9. The number of rotatable bonds is 20. The van der Waals surface area contributed by atoms with Gasteiger partial charge in [-0.05, 0) is 17.3 Å². The van der Waals surface area contributed by atoms with Crippen LogP contribution in [0.4, 0.5) is 0 Å². The van der Waals surface area contributed by atoms with Crippen molar-refractivity contribution in [3.05, 3.63) is 18.2 Å². The van der Waals surface area contributed by atoms with E-state index in [0.717, 1.165) is 5.69 Å². The molecule has 0 bridgehead atoms. The van der Waals surface area contributed by atoms with Crippen molar-refractivity contribution in [3.63, 3.8) is 0 Å². The highest BCUT2D eigenvalue weighted by atomic mass is 32.2. The van der Waals surface area contributed by atoms with Crippen molar-refractivity contribution in [2.45, 2.75) is 67.2 Å². The molecule has 258 valence electrons. The number of quaternary nitrogens is 1. The van der Waals surface area contributed by atoms with E-state index in [1.54, 1.807) is 40.8 Å². The van der Waals surface area contributed by atoms with Crippen LogP contribution in [0.1, 0.15) is 66.5 Å². The normalized spacial score (nSPS) is 15.5. The molecule has 1 heterocycles. The minimum atomic E-state index is -4.05. The minimum absolute atomic E-state index is 0.0562. The number of nitrogens with one attached hydrogen (secondary N) is 3. The lowest BCUT2D eigenvalue weighted by Crippen LogP contribution is -2.50. The van der Waals surface area contributed by atoms with Gasteiger partial charge in [-0.15, -0.1) is 0 Å². The summed E-state index contributed by atoms with van der Waals surface area (Å²) in [4.78, 5) is 58.9. The summed E-state index contributed by atoms with van der Waals surface area (Å²) in [5, 5.41) is 25.8. The van der Waals surface area contributed by atoms with Crippen molar-refractivity contribution in [2.75, 3.05) is 46.0 Å². The number of aromatic amines is 1. The van der Waals surface area contributed by atoms with Crippen LogP contribution < -0.4 is 10.6 Å². The average Bonchev–Trinajstić information content (AvgIpc) is 3.37. The summed E-state index contributed by atoms with van der Waals surface area (Å²) in [5.74, 6) is -8.07. The van der Waals surface area contributed by atoms with Gasteiger partial charge in [0.1, 0.15) is 0 Å². The fraction of sp³-hybridized carbons (Fsp3) is 0.767. The number of carbonyl (C=O) groups excluding carboxylic acids is 2. The first kappa shape index (κ1) is 40.0. The number of carbonyl (C=O) groups is 4. The highest BCUT2D eigenvalue weighted by Crippen LogP contribution is 2.44. The maximum absolute atomic E-state index is 13.7. The number of aromatic nitrogens is 2. The predicted molar refractivity (Wildman–Crippen MR) is 169 cm³/mol. The van der Waals surface area contributed by atoms with E-state index >= 15 is 0 Å². The Hall–Kier alpha value is -3.04. The zero-order chi connectivity index (χ0) is 34.8. The Morgan fingerprint density at radius 3 is 2.00 bits per heavy atom. The topological polar surface area (TPSA) is 216 Å². The molecule has 1 aromatic heterocycles. The fourth-order valence-corrected chi connectivity index (χ4v) is 6.58. The number of hydrogen-bond acceptors (Lipinski definition) is 7. The van der Waals surface area contributed by atoms with Crippen molar-refractivity contribution >= 4 is 33.9 Å². The zero-order valence-corrected chi connectivity index (χ0v) is 28.7. The van der Waals surface area contributed by atoms with Crippen LogP contribution in [0.15, 0.2) is 12.5 Å². The Kier molecular flexibility index (Phi) is 14.7. The number of carboxylic acid groups (broad SMARTS) is 2. The van der Waals surface area contributed by atoms with E-state index in [1.807, 2.05) is 14.1 Å². The standard InChI is InChI=1S/C30H53N5O9S/c1-20(27(38)39)23(26(37)33-13-11-21-18-31-19-34-21)30(5,6)17-22(24(28(40)41)29(2,3)4)25(36)32-12-9-14-35(7,8)15-10-16-45(42,43)44/h18-20,22-24H,9-17H2,1-8H3,(H5-,31,32,33,34,36,37,38,39,40,41,42,43,44)/p+1. The average molecular weight is 661 g/mol. The van der Waals surface area contributed by atoms with Gasteiger partial charge >= 0.3 is 11.9 Å². The quantitative estimate of drug-likeness (QED) is 0.0680. The van der Waals surface area contributed by atoms with Crippen LogP contribution in [0.2, 0.25) is 0 Å². The molecule has 0 aliphatic rings. The highest BCUT2D eigenvalue weighted by Gasteiger charge is 2.49. The Morgan fingerprint density at radius 2 is 1.51 bits per heavy atom. The van der Waals surface area contributed by atoms with Crippen LogP contribution in [0.5, 0.6) is 0 Å². The lowest BCUT2D eigenvalue weighted by atomic mass is 9.62. The number of nitrogens with zero attached hydrogens (tertiary/aromatic N) is 2. The van der Waals surface area contributed by atoms with Crippen LogP contribution >= 0.6 is 0 Å². The molecule has 0 saturated heterocycles. The lowest BCUT2D eigenvalue weighted by Gasteiger charge is -2.41. The third kappa shape index (κ3) is 13.9. The van der Waals surface area contributed by atoms with E-state index in [-0.39, 0.29) is 31.7 Å². The number of aliphatic carboxylic acids is 2. The van der Waals surface area contributed by atoms with Gasteiger partial charge in [0.25, 0.3) is 10.1 Å². The molecule has 1 aromatic rings.